The van der Waals surface area contributed by atoms with Crippen molar-refractivity contribution in [2.75, 3.05) is 0 Å². The topological polar surface area (TPSA) is 94.2 Å². The summed E-state index contributed by atoms with van der Waals surface area (Å²) in [6.07, 6.45) is 0.464. The second-order valence-corrected chi connectivity index (χ2v) is 6.35. The standard InChI is InChI=1S/C20H20FN3O3/c1-12(13-5-3-2-4-6-13)23-19(25)18(24-20(26)27)9-14-11-22-17-8-7-15(21)10-16(14)17/h2-8,10-12,18,22,24H,9H2,1H3,(H,23,25)(H,26,27)/t12-,18-/m0/s1. The van der Waals surface area contributed by atoms with Gasteiger partial charge < -0.3 is 20.7 Å². The number of amides is 2. The molecule has 27 heavy (non-hydrogen) atoms. The second kappa shape index (κ2) is 7.90. The molecule has 2 amide bonds. The highest BCUT2D eigenvalue weighted by molar-refractivity contribution is 5.88. The summed E-state index contributed by atoms with van der Waals surface area (Å²) in [5.74, 6) is -0.840. The van der Waals surface area contributed by atoms with Crippen molar-refractivity contribution < 1.29 is 19.1 Å². The molecule has 0 radical (unpaired) electrons. The van der Waals surface area contributed by atoms with E-state index in [1.54, 1.807) is 12.3 Å². The number of carbonyl (C=O) groups is 2. The van der Waals surface area contributed by atoms with E-state index in [1.165, 1.54) is 12.1 Å². The first-order valence-corrected chi connectivity index (χ1v) is 8.54. The van der Waals surface area contributed by atoms with Gasteiger partial charge in [0.05, 0.1) is 6.04 Å². The fourth-order valence-electron chi connectivity index (χ4n) is 3.04. The number of hydrogen-bond donors (Lipinski definition) is 4. The monoisotopic (exact) mass is 369 g/mol. The Kier molecular flexibility index (Phi) is 5.40. The zero-order valence-corrected chi connectivity index (χ0v) is 14.7. The molecule has 1 aromatic heterocycles. The fraction of sp³-hybridized carbons (Fsp3) is 0.200. The number of halogens is 1. The molecule has 3 aromatic rings. The van der Waals surface area contributed by atoms with Gasteiger partial charge in [-0.25, -0.2) is 9.18 Å². The van der Waals surface area contributed by atoms with Gasteiger partial charge in [0.2, 0.25) is 5.91 Å². The molecule has 0 saturated carbocycles. The molecule has 2 aromatic carbocycles. The van der Waals surface area contributed by atoms with Crippen LogP contribution in [0.2, 0.25) is 0 Å². The van der Waals surface area contributed by atoms with Gasteiger partial charge in [-0.15, -0.1) is 0 Å². The number of nitrogens with one attached hydrogen (secondary N) is 3. The van der Waals surface area contributed by atoms with Gasteiger partial charge in [0, 0.05) is 23.5 Å². The molecule has 6 nitrogen and oxygen atoms in total. The van der Waals surface area contributed by atoms with Gasteiger partial charge in [-0.2, -0.15) is 0 Å². The minimum atomic E-state index is -1.30. The number of benzene rings is 2. The third-order valence-electron chi connectivity index (χ3n) is 4.43. The maximum Gasteiger partial charge on any atom is 0.405 e. The SMILES string of the molecule is C[C@H](NC(=O)[C@H](Cc1c[nH]c2ccc(F)cc12)NC(=O)O)c1ccccc1. The van der Waals surface area contributed by atoms with Gasteiger partial charge in [0.25, 0.3) is 0 Å². The van der Waals surface area contributed by atoms with Crippen LogP contribution in [0.25, 0.3) is 10.9 Å². The van der Waals surface area contributed by atoms with E-state index in [-0.39, 0.29) is 12.5 Å². The van der Waals surface area contributed by atoms with Gasteiger partial charge in [-0.3, -0.25) is 4.79 Å². The summed E-state index contributed by atoms with van der Waals surface area (Å²) in [7, 11) is 0. The second-order valence-electron chi connectivity index (χ2n) is 6.35. The Morgan fingerprint density at radius 3 is 2.59 bits per heavy atom. The molecule has 1 heterocycles. The van der Waals surface area contributed by atoms with Crippen LogP contribution in [0.1, 0.15) is 24.1 Å². The minimum Gasteiger partial charge on any atom is -0.465 e. The van der Waals surface area contributed by atoms with E-state index in [9.17, 15) is 14.0 Å². The molecule has 0 fully saturated rings. The Hall–Kier alpha value is -3.35. The lowest BCUT2D eigenvalue weighted by Gasteiger charge is -2.20. The average Bonchev–Trinajstić information content (AvgIpc) is 3.03. The molecular formula is C20H20FN3O3. The minimum absolute atomic E-state index is 0.100. The van der Waals surface area contributed by atoms with Crippen LogP contribution in [0.4, 0.5) is 9.18 Å². The number of carboxylic acid groups (broad SMARTS) is 1. The zero-order valence-electron chi connectivity index (χ0n) is 14.7. The number of H-pyrrole nitrogens is 1. The molecule has 0 bridgehead atoms. The molecule has 4 N–H and O–H groups in total. The van der Waals surface area contributed by atoms with Crippen LogP contribution in [0.15, 0.2) is 54.7 Å². The normalized spacial score (nSPS) is 13.1. The number of aromatic nitrogens is 1. The largest absolute Gasteiger partial charge is 0.465 e. The van der Waals surface area contributed by atoms with Crippen LogP contribution in [-0.2, 0) is 11.2 Å². The van der Waals surface area contributed by atoms with Crippen molar-refractivity contribution in [1.29, 1.82) is 0 Å². The van der Waals surface area contributed by atoms with Gasteiger partial charge in [0.15, 0.2) is 0 Å². The quantitative estimate of drug-likeness (QED) is 0.537. The Morgan fingerprint density at radius 2 is 1.89 bits per heavy atom. The predicted octanol–water partition coefficient (Wildman–Crippen LogP) is 3.36. The first-order chi connectivity index (χ1) is 12.9. The van der Waals surface area contributed by atoms with E-state index in [4.69, 9.17) is 5.11 Å². The first-order valence-electron chi connectivity index (χ1n) is 8.54. The molecule has 0 saturated heterocycles. The highest BCUT2D eigenvalue weighted by Crippen LogP contribution is 2.21. The molecule has 0 aliphatic carbocycles. The summed E-state index contributed by atoms with van der Waals surface area (Å²) >= 11 is 0. The summed E-state index contributed by atoms with van der Waals surface area (Å²) in [6.45, 7) is 1.83. The van der Waals surface area contributed by atoms with Gasteiger partial charge in [0.1, 0.15) is 11.9 Å². The van der Waals surface area contributed by atoms with Crippen molar-refractivity contribution in [3.05, 3.63) is 71.7 Å². The molecule has 140 valence electrons. The summed E-state index contributed by atoms with van der Waals surface area (Å²) < 4.78 is 13.6. The Balaban J connectivity index is 1.79. The van der Waals surface area contributed by atoms with E-state index < -0.39 is 23.9 Å². The van der Waals surface area contributed by atoms with E-state index in [0.717, 1.165) is 11.1 Å². The van der Waals surface area contributed by atoms with Crippen molar-refractivity contribution in [2.24, 2.45) is 0 Å². The van der Waals surface area contributed by atoms with Crippen molar-refractivity contribution in [1.82, 2.24) is 15.6 Å². The smallest absolute Gasteiger partial charge is 0.405 e. The van der Waals surface area contributed by atoms with Gasteiger partial charge in [-0.05, 0) is 36.2 Å². The fourth-order valence-corrected chi connectivity index (χ4v) is 3.04. The number of aromatic amines is 1. The molecule has 0 spiro atoms. The number of hydrogen-bond acceptors (Lipinski definition) is 2. The predicted molar refractivity (Wildman–Crippen MR) is 99.9 cm³/mol. The lowest BCUT2D eigenvalue weighted by atomic mass is 10.0. The maximum atomic E-state index is 13.6. The van der Waals surface area contributed by atoms with E-state index in [0.29, 0.717) is 10.9 Å². The third kappa shape index (κ3) is 4.44. The van der Waals surface area contributed by atoms with E-state index in [2.05, 4.69) is 15.6 Å². The number of rotatable bonds is 6. The zero-order chi connectivity index (χ0) is 19.4. The molecule has 0 aliphatic heterocycles. The summed E-state index contributed by atoms with van der Waals surface area (Å²) in [5, 5.41) is 14.8. The van der Waals surface area contributed by atoms with Crippen molar-refractivity contribution in [2.45, 2.75) is 25.4 Å². The number of fused-ring (bicyclic) bond motifs is 1. The highest BCUT2D eigenvalue weighted by Gasteiger charge is 2.24. The molecular weight excluding hydrogens is 349 g/mol. The Labute approximate surface area is 155 Å². The first kappa shape index (κ1) is 18.4. The average molecular weight is 369 g/mol. The summed E-state index contributed by atoms with van der Waals surface area (Å²) in [4.78, 5) is 26.8. The Bertz CT molecular complexity index is 956. The highest BCUT2D eigenvalue weighted by atomic mass is 19.1. The summed E-state index contributed by atoms with van der Waals surface area (Å²) in [6, 6.07) is 12.4. The van der Waals surface area contributed by atoms with E-state index >= 15 is 0 Å². The van der Waals surface area contributed by atoms with Gasteiger partial charge in [-0.1, -0.05) is 30.3 Å². The maximum absolute atomic E-state index is 13.6. The molecule has 2 atom stereocenters. The van der Waals surface area contributed by atoms with Crippen LogP contribution in [0.5, 0.6) is 0 Å². The van der Waals surface area contributed by atoms with Crippen molar-refractivity contribution in [3.63, 3.8) is 0 Å². The summed E-state index contributed by atoms with van der Waals surface area (Å²) in [5.41, 5.74) is 2.29. The molecule has 0 unspecified atom stereocenters. The van der Waals surface area contributed by atoms with Crippen LogP contribution in [0, 0.1) is 5.82 Å². The van der Waals surface area contributed by atoms with Crippen molar-refractivity contribution >= 4 is 22.9 Å². The molecule has 0 aliphatic rings. The van der Waals surface area contributed by atoms with Crippen LogP contribution in [-0.4, -0.2) is 28.1 Å². The van der Waals surface area contributed by atoms with Crippen LogP contribution >= 0.6 is 0 Å². The lowest BCUT2D eigenvalue weighted by Crippen LogP contribution is -2.48. The lowest BCUT2D eigenvalue weighted by molar-refractivity contribution is -0.123. The Morgan fingerprint density at radius 1 is 1.15 bits per heavy atom. The van der Waals surface area contributed by atoms with Crippen molar-refractivity contribution in [3.8, 4) is 0 Å². The molecule has 3 rings (SSSR count). The van der Waals surface area contributed by atoms with E-state index in [1.807, 2.05) is 37.3 Å². The molecule has 7 heteroatoms. The van der Waals surface area contributed by atoms with Gasteiger partial charge >= 0.3 is 6.09 Å². The number of carbonyl (C=O) groups excluding carboxylic acids is 1. The third-order valence-corrected chi connectivity index (χ3v) is 4.43. The van der Waals surface area contributed by atoms with Crippen LogP contribution < -0.4 is 10.6 Å². The van der Waals surface area contributed by atoms with Crippen LogP contribution in [0.3, 0.4) is 0 Å².